The van der Waals surface area contributed by atoms with Crippen LogP contribution in [0.2, 0.25) is 0 Å². The predicted octanol–water partition coefficient (Wildman–Crippen LogP) is 3.64. The van der Waals surface area contributed by atoms with Crippen LogP contribution in [0.5, 0.6) is 0 Å². The molecule has 1 N–H and O–H groups in total. The summed E-state index contributed by atoms with van der Waals surface area (Å²) in [5.74, 6) is -0.199. The maximum atomic E-state index is 11.9. The Morgan fingerprint density at radius 2 is 1.89 bits per heavy atom. The minimum absolute atomic E-state index is 0.0139. The molecule has 1 unspecified atom stereocenters. The lowest BCUT2D eigenvalue weighted by Gasteiger charge is -2.22. The van der Waals surface area contributed by atoms with Gasteiger partial charge in [-0.1, -0.05) is 20.8 Å². The highest BCUT2D eigenvalue weighted by molar-refractivity contribution is 7.09. The molecule has 1 heterocycles. The van der Waals surface area contributed by atoms with Gasteiger partial charge in [-0.15, -0.1) is 22.9 Å². The van der Waals surface area contributed by atoms with Crippen molar-refractivity contribution in [2.24, 2.45) is 0 Å². The third kappa shape index (κ3) is 4.25. The molecule has 0 aliphatic heterocycles. The number of carbonyl (C=O) groups is 1. The van der Waals surface area contributed by atoms with Crippen molar-refractivity contribution >= 4 is 28.8 Å². The van der Waals surface area contributed by atoms with Gasteiger partial charge in [0, 0.05) is 16.3 Å². The average Bonchev–Trinajstić information content (AvgIpc) is 2.61. The van der Waals surface area contributed by atoms with E-state index in [1.165, 1.54) is 0 Å². The van der Waals surface area contributed by atoms with Gasteiger partial charge in [-0.2, -0.15) is 0 Å². The lowest BCUT2D eigenvalue weighted by atomic mass is 9.98. The number of alkyl halides is 1. The number of carbonyl (C=O) groups excluding carboxylic acids is 1. The molecule has 1 atom stereocenters. The Morgan fingerprint density at radius 3 is 2.28 bits per heavy atom. The predicted molar refractivity (Wildman–Crippen MR) is 77.3 cm³/mol. The number of halogens is 1. The van der Waals surface area contributed by atoms with Gasteiger partial charge in [-0.25, -0.2) is 4.98 Å². The van der Waals surface area contributed by atoms with E-state index in [1.807, 2.05) is 26.2 Å². The third-order valence-corrected chi connectivity index (χ3v) is 3.86. The summed E-state index contributed by atoms with van der Waals surface area (Å²) in [5, 5.41) is 4.99. The lowest BCUT2D eigenvalue weighted by molar-refractivity contribution is -0.122. The van der Waals surface area contributed by atoms with Gasteiger partial charge in [0.05, 0.1) is 10.7 Å². The van der Waals surface area contributed by atoms with Crippen LogP contribution in [0.25, 0.3) is 0 Å². The van der Waals surface area contributed by atoms with Crippen molar-refractivity contribution in [3.8, 4) is 0 Å². The van der Waals surface area contributed by atoms with Gasteiger partial charge in [-0.3, -0.25) is 4.79 Å². The fourth-order valence-corrected chi connectivity index (χ4v) is 2.49. The van der Waals surface area contributed by atoms with Gasteiger partial charge in [-0.05, 0) is 20.8 Å². The van der Waals surface area contributed by atoms with Crippen LogP contribution in [-0.2, 0) is 10.2 Å². The van der Waals surface area contributed by atoms with Crippen molar-refractivity contribution in [2.75, 3.05) is 0 Å². The van der Waals surface area contributed by atoms with E-state index in [2.05, 4.69) is 31.1 Å². The SMILES string of the molecule is CC(C)(C)NC(=O)C(Cl)c1csc(C(C)(C)C)n1. The van der Waals surface area contributed by atoms with Crippen molar-refractivity contribution in [1.29, 1.82) is 0 Å². The smallest absolute Gasteiger partial charge is 0.244 e. The second-order valence-corrected chi connectivity index (χ2v) is 7.72. The first-order chi connectivity index (χ1) is 8.00. The molecule has 0 aromatic carbocycles. The molecular formula is C13H21ClN2OS. The number of hydrogen-bond donors (Lipinski definition) is 1. The summed E-state index contributed by atoms with van der Waals surface area (Å²) in [7, 11) is 0. The molecule has 18 heavy (non-hydrogen) atoms. The number of rotatable bonds is 2. The molecule has 0 spiro atoms. The summed E-state index contributed by atoms with van der Waals surface area (Å²) in [6, 6.07) is 0. The van der Waals surface area contributed by atoms with Crippen LogP contribution in [-0.4, -0.2) is 16.4 Å². The maximum Gasteiger partial charge on any atom is 0.244 e. The Kier molecular flexibility index (Phi) is 4.44. The van der Waals surface area contributed by atoms with Crippen LogP contribution in [0.1, 0.15) is 57.6 Å². The van der Waals surface area contributed by atoms with E-state index in [1.54, 1.807) is 11.3 Å². The van der Waals surface area contributed by atoms with Crippen molar-refractivity contribution in [3.63, 3.8) is 0 Å². The van der Waals surface area contributed by atoms with Crippen molar-refractivity contribution in [2.45, 2.75) is 57.9 Å². The van der Waals surface area contributed by atoms with Gasteiger partial charge in [0.1, 0.15) is 0 Å². The number of nitrogens with one attached hydrogen (secondary N) is 1. The Balaban J connectivity index is 2.82. The molecule has 5 heteroatoms. The Hall–Kier alpha value is -0.610. The van der Waals surface area contributed by atoms with Crippen LogP contribution in [0.4, 0.5) is 0 Å². The zero-order chi connectivity index (χ0) is 14.1. The minimum atomic E-state index is -0.725. The molecule has 0 radical (unpaired) electrons. The monoisotopic (exact) mass is 288 g/mol. The number of nitrogens with zero attached hydrogens (tertiary/aromatic N) is 1. The van der Waals surface area contributed by atoms with Crippen LogP contribution >= 0.6 is 22.9 Å². The van der Waals surface area contributed by atoms with Crippen molar-refractivity contribution in [3.05, 3.63) is 16.1 Å². The van der Waals surface area contributed by atoms with Crippen molar-refractivity contribution in [1.82, 2.24) is 10.3 Å². The van der Waals surface area contributed by atoms with E-state index in [-0.39, 0.29) is 16.9 Å². The highest BCUT2D eigenvalue weighted by Crippen LogP contribution is 2.30. The van der Waals surface area contributed by atoms with Gasteiger partial charge in [0.25, 0.3) is 0 Å². The third-order valence-electron chi connectivity index (χ3n) is 2.15. The number of thiazole rings is 1. The number of aromatic nitrogens is 1. The Morgan fingerprint density at radius 1 is 1.33 bits per heavy atom. The molecule has 0 aliphatic rings. The maximum absolute atomic E-state index is 11.9. The topological polar surface area (TPSA) is 42.0 Å². The summed E-state index contributed by atoms with van der Waals surface area (Å²) in [6.07, 6.45) is 0. The zero-order valence-corrected chi connectivity index (χ0v) is 13.4. The Labute approximate surface area is 118 Å². The van der Waals surface area contributed by atoms with E-state index >= 15 is 0 Å². The molecule has 1 rings (SSSR count). The molecule has 0 saturated heterocycles. The van der Waals surface area contributed by atoms with Gasteiger partial charge in [0.2, 0.25) is 5.91 Å². The van der Waals surface area contributed by atoms with E-state index in [0.29, 0.717) is 5.69 Å². The fraction of sp³-hybridized carbons (Fsp3) is 0.692. The molecule has 1 amide bonds. The molecule has 102 valence electrons. The standard InChI is InChI=1S/C13H21ClN2OS/c1-12(2,3)11-15-8(7-18-11)9(14)10(17)16-13(4,5)6/h7,9H,1-6H3,(H,16,17). The molecule has 0 aliphatic carbocycles. The molecule has 3 nitrogen and oxygen atoms in total. The highest BCUT2D eigenvalue weighted by Gasteiger charge is 2.26. The quantitative estimate of drug-likeness (QED) is 0.844. The highest BCUT2D eigenvalue weighted by atomic mass is 35.5. The average molecular weight is 289 g/mol. The molecule has 0 saturated carbocycles. The zero-order valence-electron chi connectivity index (χ0n) is 11.8. The van der Waals surface area contributed by atoms with Crippen LogP contribution in [0.15, 0.2) is 5.38 Å². The van der Waals surface area contributed by atoms with E-state index in [4.69, 9.17) is 11.6 Å². The van der Waals surface area contributed by atoms with Gasteiger partial charge in [0.15, 0.2) is 5.38 Å². The van der Waals surface area contributed by atoms with E-state index in [9.17, 15) is 4.79 Å². The normalized spacial score (nSPS) is 14.4. The Bertz CT molecular complexity index is 429. The van der Waals surface area contributed by atoms with Crippen molar-refractivity contribution < 1.29 is 4.79 Å². The fourth-order valence-electron chi connectivity index (χ4n) is 1.31. The van der Waals surface area contributed by atoms with Gasteiger partial charge < -0.3 is 5.32 Å². The molecule has 0 bridgehead atoms. The van der Waals surface area contributed by atoms with E-state index in [0.717, 1.165) is 5.01 Å². The lowest BCUT2D eigenvalue weighted by Crippen LogP contribution is -2.42. The van der Waals surface area contributed by atoms with E-state index < -0.39 is 5.38 Å². The number of hydrogen-bond acceptors (Lipinski definition) is 3. The molecule has 0 fully saturated rings. The summed E-state index contributed by atoms with van der Waals surface area (Å²) < 4.78 is 0. The second kappa shape index (κ2) is 5.17. The summed E-state index contributed by atoms with van der Waals surface area (Å²) in [5.41, 5.74) is 0.334. The van der Waals surface area contributed by atoms with Crippen LogP contribution < -0.4 is 5.32 Å². The number of amides is 1. The van der Waals surface area contributed by atoms with Gasteiger partial charge >= 0.3 is 0 Å². The van der Waals surface area contributed by atoms with Crippen LogP contribution in [0, 0.1) is 0 Å². The summed E-state index contributed by atoms with van der Waals surface area (Å²) in [6.45, 7) is 12.1. The summed E-state index contributed by atoms with van der Waals surface area (Å²) >= 11 is 7.70. The molecule has 1 aromatic rings. The first kappa shape index (κ1) is 15.4. The molecular weight excluding hydrogens is 268 g/mol. The second-order valence-electron chi connectivity index (χ2n) is 6.43. The van der Waals surface area contributed by atoms with Crippen LogP contribution in [0.3, 0.4) is 0 Å². The largest absolute Gasteiger partial charge is 0.350 e. The first-order valence-corrected chi connectivity index (χ1v) is 7.24. The first-order valence-electron chi connectivity index (χ1n) is 5.93. The summed E-state index contributed by atoms with van der Waals surface area (Å²) in [4.78, 5) is 16.4. The molecule has 1 aromatic heterocycles. The minimum Gasteiger partial charge on any atom is -0.350 e.